The highest BCUT2D eigenvalue weighted by molar-refractivity contribution is 5.80. The van der Waals surface area contributed by atoms with Gasteiger partial charge in [-0.25, -0.2) is 4.79 Å². The average molecular weight is 347 g/mol. The van der Waals surface area contributed by atoms with Crippen LogP contribution < -0.4 is 10.1 Å². The fourth-order valence-electron chi connectivity index (χ4n) is 2.90. The molecule has 0 unspecified atom stereocenters. The smallest absolute Gasteiger partial charge is 0.317 e. The molecule has 0 aromatic heterocycles. The number of hydrogen-bond acceptors (Lipinski definition) is 3. The van der Waals surface area contributed by atoms with Gasteiger partial charge in [-0.05, 0) is 44.9 Å². The monoisotopic (exact) mass is 347 g/mol. The third kappa shape index (κ3) is 5.37. The molecule has 2 rings (SSSR count). The lowest BCUT2D eigenvalue weighted by atomic mass is 10.1. The number of piperazine rings is 1. The highest BCUT2D eigenvalue weighted by Gasteiger charge is 2.26. The Morgan fingerprint density at radius 2 is 1.72 bits per heavy atom. The molecule has 0 aliphatic carbocycles. The molecule has 0 atom stereocenters. The van der Waals surface area contributed by atoms with E-state index in [1.165, 1.54) is 0 Å². The summed E-state index contributed by atoms with van der Waals surface area (Å²) in [4.78, 5) is 28.3. The summed E-state index contributed by atoms with van der Waals surface area (Å²) in [6.45, 7) is 10.1. The molecule has 3 amide bonds. The second-order valence-electron chi connectivity index (χ2n) is 7.53. The number of carbonyl (C=O) groups is 2. The first-order valence-electron chi connectivity index (χ1n) is 8.68. The number of amides is 3. The number of rotatable bonds is 3. The van der Waals surface area contributed by atoms with Crippen LogP contribution in [0.4, 0.5) is 4.79 Å². The SMILES string of the molecule is COc1ccc(CC(=O)N2CCN(C(=O)NC(C)(C)C)CC2)cc1C. The lowest BCUT2D eigenvalue weighted by Gasteiger charge is -2.36. The number of nitrogens with zero attached hydrogens (tertiary/aromatic N) is 2. The summed E-state index contributed by atoms with van der Waals surface area (Å²) in [5.41, 5.74) is 1.75. The van der Waals surface area contributed by atoms with Crippen LogP contribution in [0.15, 0.2) is 18.2 Å². The number of urea groups is 1. The van der Waals surface area contributed by atoms with Crippen molar-refractivity contribution >= 4 is 11.9 Å². The highest BCUT2D eigenvalue weighted by Crippen LogP contribution is 2.19. The van der Waals surface area contributed by atoms with E-state index in [1.54, 1.807) is 12.0 Å². The van der Waals surface area contributed by atoms with E-state index in [-0.39, 0.29) is 17.5 Å². The molecule has 138 valence electrons. The lowest BCUT2D eigenvalue weighted by Crippen LogP contribution is -2.56. The molecule has 0 spiro atoms. The Bertz CT molecular complexity index is 629. The minimum Gasteiger partial charge on any atom is -0.496 e. The molecule has 0 saturated carbocycles. The van der Waals surface area contributed by atoms with Crippen molar-refractivity contribution in [3.63, 3.8) is 0 Å². The van der Waals surface area contributed by atoms with Crippen LogP contribution in [0.1, 0.15) is 31.9 Å². The summed E-state index contributed by atoms with van der Waals surface area (Å²) < 4.78 is 5.25. The molecule has 0 bridgehead atoms. The van der Waals surface area contributed by atoms with Crippen molar-refractivity contribution in [1.82, 2.24) is 15.1 Å². The average Bonchev–Trinajstić information content (AvgIpc) is 2.53. The quantitative estimate of drug-likeness (QED) is 0.912. The number of nitrogens with one attached hydrogen (secondary N) is 1. The molecule has 1 saturated heterocycles. The van der Waals surface area contributed by atoms with Gasteiger partial charge in [0.15, 0.2) is 0 Å². The molecular formula is C19H29N3O3. The number of aryl methyl sites for hydroxylation is 1. The van der Waals surface area contributed by atoms with Crippen LogP contribution in [-0.2, 0) is 11.2 Å². The van der Waals surface area contributed by atoms with Crippen LogP contribution >= 0.6 is 0 Å². The molecule has 6 heteroatoms. The van der Waals surface area contributed by atoms with Gasteiger partial charge in [0.1, 0.15) is 5.75 Å². The van der Waals surface area contributed by atoms with Gasteiger partial charge in [-0.2, -0.15) is 0 Å². The van der Waals surface area contributed by atoms with Crippen LogP contribution in [0.25, 0.3) is 0 Å². The zero-order chi connectivity index (χ0) is 18.6. The fourth-order valence-corrected chi connectivity index (χ4v) is 2.90. The Balaban J connectivity index is 1.87. The Morgan fingerprint density at radius 3 is 2.24 bits per heavy atom. The van der Waals surface area contributed by atoms with Gasteiger partial charge in [0.25, 0.3) is 0 Å². The third-order valence-electron chi connectivity index (χ3n) is 4.22. The predicted octanol–water partition coefficient (Wildman–Crippen LogP) is 2.20. The summed E-state index contributed by atoms with van der Waals surface area (Å²) in [7, 11) is 1.64. The van der Waals surface area contributed by atoms with Gasteiger partial charge in [-0.1, -0.05) is 12.1 Å². The van der Waals surface area contributed by atoms with Gasteiger partial charge >= 0.3 is 6.03 Å². The first-order valence-corrected chi connectivity index (χ1v) is 8.68. The standard InChI is InChI=1S/C19H29N3O3/c1-14-12-15(6-7-16(14)25-5)13-17(23)21-8-10-22(11-9-21)18(24)20-19(2,3)4/h6-7,12H,8-11,13H2,1-5H3,(H,20,24). The van der Waals surface area contributed by atoms with Crippen molar-refractivity contribution in [2.75, 3.05) is 33.3 Å². The zero-order valence-electron chi connectivity index (χ0n) is 15.9. The van der Waals surface area contributed by atoms with Crippen LogP contribution in [0.3, 0.4) is 0 Å². The summed E-state index contributed by atoms with van der Waals surface area (Å²) in [5.74, 6) is 0.926. The summed E-state index contributed by atoms with van der Waals surface area (Å²) in [6.07, 6.45) is 0.374. The molecular weight excluding hydrogens is 318 g/mol. The first-order chi connectivity index (χ1) is 11.7. The molecule has 1 heterocycles. The van der Waals surface area contributed by atoms with Gasteiger partial charge in [-0.3, -0.25) is 4.79 Å². The molecule has 1 N–H and O–H groups in total. The number of methoxy groups -OCH3 is 1. The Kier molecular flexibility index (Phi) is 5.93. The fraction of sp³-hybridized carbons (Fsp3) is 0.579. The second kappa shape index (κ2) is 7.76. The van der Waals surface area contributed by atoms with Gasteiger partial charge in [0.05, 0.1) is 13.5 Å². The Labute approximate surface area is 150 Å². The van der Waals surface area contributed by atoms with E-state index < -0.39 is 0 Å². The summed E-state index contributed by atoms with van der Waals surface area (Å²) >= 11 is 0. The number of benzene rings is 1. The van der Waals surface area contributed by atoms with E-state index in [9.17, 15) is 9.59 Å². The number of carbonyl (C=O) groups excluding carboxylic acids is 2. The first kappa shape index (κ1) is 19.1. The maximum Gasteiger partial charge on any atom is 0.317 e. The molecule has 6 nitrogen and oxygen atoms in total. The maximum atomic E-state index is 12.5. The van der Waals surface area contributed by atoms with Crippen molar-refractivity contribution < 1.29 is 14.3 Å². The molecule has 1 fully saturated rings. The zero-order valence-corrected chi connectivity index (χ0v) is 15.9. The van der Waals surface area contributed by atoms with E-state index in [1.807, 2.05) is 50.8 Å². The van der Waals surface area contributed by atoms with Crippen molar-refractivity contribution in [2.24, 2.45) is 0 Å². The van der Waals surface area contributed by atoms with Gasteiger partial charge in [0.2, 0.25) is 5.91 Å². The number of hydrogen-bond donors (Lipinski definition) is 1. The maximum absolute atomic E-state index is 12.5. The molecule has 0 radical (unpaired) electrons. The summed E-state index contributed by atoms with van der Waals surface area (Å²) in [6, 6.07) is 5.75. The van der Waals surface area contributed by atoms with E-state index in [0.29, 0.717) is 32.6 Å². The topological polar surface area (TPSA) is 61.9 Å². The molecule has 1 aromatic carbocycles. The van der Waals surface area contributed by atoms with Crippen LogP contribution in [-0.4, -0.2) is 60.6 Å². The van der Waals surface area contributed by atoms with E-state index in [2.05, 4.69) is 5.32 Å². The normalized spacial score (nSPS) is 15.1. The Morgan fingerprint density at radius 1 is 1.12 bits per heavy atom. The van der Waals surface area contributed by atoms with E-state index in [4.69, 9.17) is 4.74 Å². The van der Waals surface area contributed by atoms with Gasteiger partial charge < -0.3 is 19.9 Å². The van der Waals surface area contributed by atoms with Crippen molar-refractivity contribution in [2.45, 2.75) is 39.7 Å². The van der Waals surface area contributed by atoms with Crippen LogP contribution in [0.2, 0.25) is 0 Å². The second-order valence-corrected chi connectivity index (χ2v) is 7.53. The summed E-state index contributed by atoms with van der Waals surface area (Å²) in [5, 5.41) is 2.96. The largest absolute Gasteiger partial charge is 0.496 e. The van der Waals surface area contributed by atoms with Crippen molar-refractivity contribution in [1.29, 1.82) is 0 Å². The minimum atomic E-state index is -0.254. The highest BCUT2D eigenvalue weighted by atomic mass is 16.5. The minimum absolute atomic E-state index is 0.0645. The van der Waals surface area contributed by atoms with Crippen LogP contribution in [0.5, 0.6) is 5.75 Å². The van der Waals surface area contributed by atoms with Crippen molar-refractivity contribution in [3.8, 4) is 5.75 Å². The molecule has 1 aliphatic heterocycles. The molecule has 1 aliphatic rings. The van der Waals surface area contributed by atoms with Gasteiger partial charge in [-0.15, -0.1) is 0 Å². The van der Waals surface area contributed by atoms with E-state index >= 15 is 0 Å². The molecule has 1 aromatic rings. The van der Waals surface area contributed by atoms with Crippen molar-refractivity contribution in [3.05, 3.63) is 29.3 Å². The third-order valence-corrected chi connectivity index (χ3v) is 4.22. The lowest BCUT2D eigenvalue weighted by molar-refractivity contribution is -0.131. The number of ether oxygens (including phenoxy) is 1. The van der Waals surface area contributed by atoms with E-state index in [0.717, 1.165) is 16.9 Å². The Hall–Kier alpha value is -2.24. The van der Waals surface area contributed by atoms with Crippen LogP contribution in [0, 0.1) is 6.92 Å². The van der Waals surface area contributed by atoms with Gasteiger partial charge in [0, 0.05) is 31.7 Å². The predicted molar refractivity (Wildman–Crippen MR) is 97.9 cm³/mol. The molecule has 25 heavy (non-hydrogen) atoms.